The maximum absolute atomic E-state index is 5.63. The standard InChI is InChI=1S/C21H27N3OS/c1-16-8-9-17(2)19(14-16)22-21(26)23-20(18-6-4-3-5-7-18)15-24-10-12-25-13-11-24/h3-9,14,20H,10-13,15H2,1-2H3,(H2,22,23,26)/p+1/t20-/m1/s1. The highest BCUT2D eigenvalue weighted by Gasteiger charge is 2.22. The molecule has 1 fully saturated rings. The zero-order valence-corrected chi connectivity index (χ0v) is 16.4. The first-order valence-corrected chi connectivity index (χ1v) is 9.63. The Morgan fingerprint density at radius 2 is 1.85 bits per heavy atom. The Kier molecular flexibility index (Phi) is 6.61. The van der Waals surface area contributed by atoms with Gasteiger partial charge in [-0.2, -0.15) is 0 Å². The fraction of sp³-hybridized carbons (Fsp3) is 0.381. The fourth-order valence-corrected chi connectivity index (χ4v) is 3.53. The van der Waals surface area contributed by atoms with Gasteiger partial charge >= 0.3 is 0 Å². The highest BCUT2D eigenvalue weighted by Crippen LogP contribution is 2.17. The van der Waals surface area contributed by atoms with Crippen molar-refractivity contribution < 1.29 is 9.64 Å². The van der Waals surface area contributed by atoms with Gasteiger partial charge in [-0.3, -0.25) is 0 Å². The number of hydrogen-bond donors (Lipinski definition) is 3. The molecule has 138 valence electrons. The molecule has 5 heteroatoms. The number of morpholine rings is 1. The molecular weight excluding hydrogens is 342 g/mol. The van der Waals surface area contributed by atoms with E-state index in [1.54, 1.807) is 4.90 Å². The van der Waals surface area contributed by atoms with Crippen LogP contribution < -0.4 is 15.5 Å². The molecule has 1 heterocycles. The third kappa shape index (κ3) is 5.27. The van der Waals surface area contributed by atoms with Crippen LogP contribution in [0.15, 0.2) is 48.5 Å². The third-order valence-electron chi connectivity index (χ3n) is 4.84. The molecule has 2 aromatic carbocycles. The van der Waals surface area contributed by atoms with Gasteiger partial charge in [0.2, 0.25) is 0 Å². The molecule has 1 aliphatic rings. The lowest BCUT2D eigenvalue weighted by atomic mass is 10.1. The Morgan fingerprint density at radius 1 is 1.12 bits per heavy atom. The van der Waals surface area contributed by atoms with E-state index in [0.717, 1.165) is 38.5 Å². The van der Waals surface area contributed by atoms with E-state index in [0.29, 0.717) is 5.11 Å². The number of nitrogens with one attached hydrogen (secondary N) is 3. The van der Waals surface area contributed by atoms with Gasteiger partial charge in [-0.1, -0.05) is 42.5 Å². The number of hydrogen-bond acceptors (Lipinski definition) is 2. The molecule has 1 saturated heterocycles. The second-order valence-corrected chi connectivity index (χ2v) is 7.35. The van der Waals surface area contributed by atoms with Gasteiger partial charge in [0, 0.05) is 5.69 Å². The number of aryl methyl sites for hydroxylation is 2. The van der Waals surface area contributed by atoms with Gasteiger partial charge in [-0.15, -0.1) is 0 Å². The summed E-state index contributed by atoms with van der Waals surface area (Å²) in [6, 6.07) is 17.1. The van der Waals surface area contributed by atoms with Crippen LogP contribution in [0.5, 0.6) is 0 Å². The number of anilines is 1. The van der Waals surface area contributed by atoms with Gasteiger partial charge < -0.3 is 20.3 Å². The number of rotatable bonds is 5. The summed E-state index contributed by atoms with van der Waals surface area (Å²) in [5, 5.41) is 7.58. The quantitative estimate of drug-likeness (QED) is 0.706. The molecular formula is C21H28N3OS+. The van der Waals surface area contributed by atoms with E-state index in [-0.39, 0.29) is 6.04 Å². The molecule has 0 unspecified atom stereocenters. The second-order valence-electron chi connectivity index (χ2n) is 6.95. The summed E-state index contributed by atoms with van der Waals surface area (Å²) in [6.07, 6.45) is 0. The lowest BCUT2D eigenvalue weighted by Crippen LogP contribution is -3.14. The predicted octanol–water partition coefficient (Wildman–Crippen LogP) is 2.25. The highest BCUT2D eigenvalue weighted by atomic mass is 32.1. The first-order valence-electron chi connectivity index (χ1n) is 9.23. The fourth-order valence-electron chi connectivity index (χ4n) is 3.28. The van der Waals surface area contributed by atoms with E-state index in [1.165, 1.54) is 16.7 Å². The number of ether oxygens (including phenoxy) is 1. The Labute approximate surface area is 161 Å². The van der Waals surface area contributed by atoms with Crippen molar-refractivity contribution in [1.82, 2.24) is 5.32 Å². The normalized spacial score (nSPS) is 16.1. The molecule has 0 saturated carbocycles. The maximum Gasteiger partial charge on any atom is 0.171 e. The molecule has 0 radical (unpaired) electrons. The monoisotopic (exact) mass is 370 g/mol. The molecule has 1 aliphatic heterocycles. The minimum absolute atomic E-state index is 0.175. The van der Waals surface area contributed by atoms with Crippen molar-refractivity contribution in [1.29, 1.82) is 0 Å². The zero-order valence-electron chi connectivity index (χ0n) is 15.5. The van der Waals surface area contributed by atoms with E-state index >= 15 is 0 Å². The van der Waals surface area contributed by atoms with Crippen LogP contribution in [0.1, 0.15) is 22.7 Å². The van der Waals surface area contributed by atoms with Gasteiger partial charge in [-0.05, 0) is 48.8 Å². The van der Waals surface area contributed by atoms with Crippen molar-refractivity contribution in [2.24, 2.45) is 0 Å². The summed E-state index contributed by atoms with van der Waals surface area (Å²) in [6.45, 7) is 8.93. The van der Waals surface area contributed by atoms with Gasteiger partial charge in [-0.25, -0.2) is 0 Å². The maximum atomic E-state index is 5.63. The molecule has 0 aliphatic carbocycles. The Hall–Kier alpha value is -1.95. The van der Waals surface area contributed by atoms with Crippen LogP contribution in [-0.2, 0) is 4.74 Å². The van der Waals surface area contributed by atoms with E-state index in [2.05, 4.69) is 73.0 Å². The molecule has 3 rings (SSSR count). The molecule has 3 N–H and O–H groups in total. The van der Waals surface area contributed by atoms with Crippen LogP contribution in [0.4, 0.5) is 5.69 Å². The van der Waals surface area contributed by atoms with Crippen LogP contribution >= 0.6 is 12.2 Å². The van der Waals surface area contributed by atoms with Crippen molar-refractivity contribution in [3.05, 3.63) is 65.2 Å². The molecule has 26 heavy (non-hydrogen) atoms. The molecule has 0 spiro atoms. The summed E-state index contributed by atoms with van der Waals surface area (Å²) in [5.74, 6) is 0. The lowest BCUT2D eigenvalue weighted by Gasteiger charge is -2.29. The van der Waals surface area contributed by atoms with Crippen LogP contribution in [0.2, 0.25) is 0 Å². The Bertz CT molecular complexity index is 729. The number of thiocarbonyl (C=S) groups is 1. The number of quaternary nitrogens is 1. The van der Waals surface area contributed by atoms with Crippen molar-refractivity contribution in [3.8, 4) is 0 Å². The van der Waals surface area contributed by atoms with Crippen LogP contribution in [-0.4, -0.2) is 38.0 Å². The smallest absolute Gasteiger partial charge is 0.171 e. The summed E-state index contributed by atoms with van der Waals surface area (Å²) in [5.41, 5.74) is 4.73. The predicted molar refractivity (Wildman–Crippen MR) is 111 cm³/mol. The van der Waals surface area contributed by atoms with Crippen LogP contribution in [0.3, 0.4) is 0 Å². The SMILES string of the molecule is Cc1ccc(C)c(NC(=S)N[C@H](C[NH+]2CCOCC2)c2ccccc2)c1. The third-order valence-corrected chi connectivity index (χ3v) is 5.06. The minimum Gasteiger partial charge on any atom is -0.370 e. The Balaban J connectivity index is 1.70. The van der Waals surface area contributed by atoms with E-state index in [4.69, 9.17) is 17.0 Å². The van der Waals surface area contributed by atoms with Gasteiger partial charge in [0.1, 0.15) is 25.7 Å². The van der Waals surface area contributed by atoms with E-state index in [1.807, 2.05) is 0 Å². The summed E-state index contributed by atoms with van der Waals surface area (Å²) >= 11 is 5.63. The molecule has 0 bridgehead atoms. The Morgan fingerprint density at radius 3 is 2.58 bits per heavy atom. The lowest BCUT2D eigenvalue weighted by molar-refractivity contribution is -0.909. The average Bonchev–Trinajstić information content (AvgIpc) is 2.66. The van der Waals surface area contributed by atoms with Crippen LogP contribution in [0, 0.1) is 13.8 Å². The van der Waals surface area contributed by atoms with Gasteiger partial charge in [0.25, 0.3) is 0 Å². The zero-order chi connectivity index (χ0) is 18.4. The average molecular weight is 371 g/mol. The molecule has 4 nitrogen and oxygen atoms in total. The first-order chi connectivity index (χ1) is 12.6. The highest BCUT2D eigenvalue weighted by molar-refractivity contribution is 7.80. The molecule has 0 aromatic heterocycles. The first kappa shape index (κ1) is 18.8. The topological polar surface area (TPSA) is 37.7 Å². The van der Waals surface area contributed by atoms with Crippen molar-refractivity contribution in [2.45, 2.75) is 19.9 Å². The molecule has 1 atom stereocenters. The number of benzene rings is 2. The van der Waals surface area contributed by atoms with E-state index in [9.17, 15) is 0 Å². The van der Waals surface area contributed by atoms with Crippen molar-refractivity contribution >= 4 is 23.0 Å². The van der Waals surface area contributed by atoms with Gasteiger partial charge in [0.05, 0.1) is 13.2 Å². The molecule has 0 amide bonds. The second kappa shape index (κ2) is 9.12. The van der Waals surface area contributed by atoms with Crippen molar-refractivity contribution in [3.63, 3.8) is 0 Å². The summed E-state index contributed by atoms with van der Waals surface area (Å²) in [4.78, 5) is 1.55. The molecule has 2 aromatic rings. The van der Waals surface area contributed by atoms with Crippen LogP contribution in [0.25, 0.3) is 0 Å². The summed E-state index contributed by atoms with van der Waals surface area (Å²) in [7, 11) is 0. The van der Waals surface area contributed by atoms with Gasteiger partial charge in [0.15, 0.2) is 5.11 Å². The van der Waals surface area contributed by atoms with E-state index < -0.39 is 0 Å². The minimum atomic E-state index is 0.175. The van der Waals surface area contributed by atoms with Crippen molar-refractivity contribution in [2.75, 3.05) is 38.2 Å². The largest absolute Gasteiger partial charge is 0.370 e. The summed E-state index contributed by atoms with van der Waals surface area (Å²) < 4.78 is 5.49.